The van der Waals surface area contributed by atoms with Gasteiger partial charge in [-0.3, -0.25) is 0 Å². The molecule has 0 aliphatic heterocycles. The fourth-order valence-electron chi connectivity index (χ4n) is 1.73. The number of benzene rings is 2. The lowest BCUT2D eigenvalue weighted by Gasteiger charge is -2.12. The number of rotatable bonds is 3. The molecule has 0 bridgehead atoms. The Bertz CT molecular complexity index is 568. The van der Waals surface area contributed by atoms with Crippen molar-refractivity contribution in [3.8, 4) is 22.6 Å². The van der Waals surface area contributed by atoms with Gasteiger partial charge in [-0.1, -0.05) is 29.3 Å². The van der Waals surface area contributed by atoms with Crippen LogP contribution >= 0.6 is 23.2 Å². The van der Waals surface area contributed by atoms with Crippen LogP contribution in [0.25, 0.3) is 11.1 Å². The van der Waals surface area contributed by atoms with Crippen LogP contribution in [0.1, 0.15) is 0 Å². The van der Waals surface area contributed by atoms with Gasteiger partial charge in [0.2, 0.25) is 0 Å². The van der Waals surface area contributed by atoms with Crippen LogP contribution in [0, 0.1) is 0 Å². The molecule has 2 rings (SSSR count). The van der Waals surface area contributed by atoms with E-state index < -0.39 is 0 Å². The molecule has 2 aromatic rings. The van der Waals surface area contributed by atoms with Gasteiger partial charge in [-0.05, 0) is 30.3 Å². The average molecular weight is 283 g/mol. The van der Waals surface area contributed by atoms with E-state index in [0.717, 1.165) is 22.6 Å². The minimum absolute atomic E-state index is 0.578. The van der Waals surface area contributed by atoms with Gasteiger partial charge in [0.05, 0.1) is 19.2 Å². The zero-order valence-electron chi connectivity index (χ0n) is 10.0. The molecule has 0 heterocycles. The summed E-state index contributed by atoms with van der Waals surface area (Å²) in [4.78, 5) is 0. The minimum atomic E-state index is 0.578. The molecule has 0 aromatic heterocycles. The van der Waals surface area contributed by atoms with Crippen LogP contribution in [0.4, 0.5) is 0 Å². The summed E-state index contributed by atoms with van der Waals surface area (Å²) in [7, 11) is 3.24. The van der Waals surface area contributed by atoms with Gasteiger partial charge in [-0.25, -0.2) is 0 Å². The van der Waals surface area contributed by atoms with E-state index in [2.05, 4.69) is 0 Å². The normalized spacial score (nSPS) is 10.2. The van der Waals surface area contributed by atoms with Gasteiger partial charge in [0, 0.05) is 16.1 Å². The van der Waals surface area contributed by atoms with Crippen molar-refractivity contribution in [3.05, 3.63) is 46.4 Å². The largest absolute Gasteiger partial charge is 0.497 e. The Balaban J connectivity index is 2.60. The standard InChI is InChI=1S/C14H12Cl2O2/c1-17-10-4-6-14(18-2)12(8-10)11-5-3-9(15)7-13(11)16/h3-8H,1-2H3. The summed E-state index contributed by atoms with van der Waals surface area (Å²) in [6, 6.07) is 10.9. The molecule has 0 spiro atoms. The van der Waals surface area contributed by atoms with Crippen LogP contribution in [-0.4, -0.2) is 14.2 Å². The van der Waals surface area contributed by atoms with E-state index in [9.17, 15) is 0 Å². The maximum absolute atomic E-state index is 6.21. The van der Waals surface area contributed by atoms with Crippen LogP contribution in [-0.2, 0) is 0 Å². The highest BCUT2D eigenvalue weighted by Gasteiger charge is 2.11. The van der Waals surface area contributed by atoms with E-state index in [1.807, 2.05) is 24.3 Å². The highest BCUT2D eigenvalue weighted by atomic mass is 35.5. The molecule has 0 saturated carbocycles. The Labute approximate surface area is 116 Å². The lowest BCUT2D eigenvalue weighted by atomic mass is 10.0. The van der Waals surface area contributed by atoms with Gasteiger partial charge in [-0.15, -0.1) is 0 Å². The van der Waals surface area contributed by atoms with Gasteiger partial charge < -0.3 is 9.47 Å². The van der Waals surface area contributed by atoms with Crippen molar-refractivity contribution in [3.63, 3.8) is 0 Å². The number of ether oxygens (including phenoxy) is 2. The van der Waals surface area contributed by atoms with Crippen molar-refractivity contribution in [2.45, 2.75) is 0 Å². The Hall–Kier alpha value is -1.38. The fourth-order valence-corrected chi connectivity index (χ4v) is 2.24. The van der Waals surface area contributed by atoms with Crippen molar-refractivity contribution in [2.75, 3.05) is 14.2 Å². The Kier molecular flexibility index (Phi) is 4.00. The van der Waals surface area contributed by atoms with E-state index in [1.165, 1.54) is 0 Å². The second-order valence-corrected chi connectivity index (χ2v) is 4.53. The molecule has 0 unspecified atom stereocenters. The molecule has 0 atom stereocenters. The van der Waals surface area contributed by atoms with Gasteiger partial charge in [0.15, 0.2) is 0 Å². The molecule has 0 fully saturated rings. The fraction of sp³-hybridized carbons (Fsp3) is 0.143. The molecule has 0 saturated heterocycles. The molecule has 2 aromatic carbocycles. The van der Waals surface area contributed by atoms with Gasteiger partial charge in [-0.2, -0.15) is 0 Å². The molecule has 18 heavy (non-hydrogen) atoms. The zero-order valence-corrected chi connectivity index (χ0v) is 11.5. The highest BCUT2D eigenvalue weighted by molar-refractivity contribution is 6.36. The van der Waals surface area contributed by atoms with E-state index in [0.29, 0.717) is 10.0 Å². The first-order valence-electron chi connectivity index (χ1n) is 5.33. The first kappa shape index (κ1) is 13.1. The lowest BCUT2D eigenvalue weighted by molar-refractivity contribution is 0.404. The maximum atomic E-state index is 6.21. The predicted octanol–water partition coefficient (Wildman–Crippen LogP) is 4.68. The molecular weight excluding hydrogens is 271 g/mol. The smallest absolute Gasteiger partial charge is 0.127 e. The van der Waals surface area contributed by atoms with Crippen molar-refractivity contribution >= 4 is 23.2 Å². The summed E-state index contributed by atoms with van der Waals surface area (Å²) in [5, 5.41) is 1.18. The molecule has 2 nitrogen and oxygen atoms in total. The van der Waals surface area contributed by atoms with Crippen molar-refractivity contribution in [2.24, 2.45) is 0 Å². The third-order valence-corrected chi connectivity index (χ3v) is 3.18. The van der Waals surface area contributed by atoms with E-state index >= 15 is 0 Å². The van der Waals surface area contributed by atoms with Crippen molar-refractivity contribution in [1.82, 2.24) is 0 Å². The van der Waals surface area contributed by atoms with Crippen molar-refractivity contribution < 1.29 is 9.47 Å². The minimum Gasteiger partial charge on any atom is -0.497 e. The van der Waals surface area contributed by atoms with Crippen LogP contribution in [0.15, 0.2) is 36.4 Å². The van der Waals surface area contributed by atoms with Crippen LogP contribution < -0.4 is 9.47 Å². The van der Waals surface area contributed by atoms with Crippen LogP contribution in [0.2, 0.25) is 10.0 Å². The Morgan fingerprint density at radius 2 is 1.61 bits per heavy atom. The van der Waals surface area contributed by atoms with Crippen molar-refractivity contribution in [1.29, 1.82) is 0 Å². The summed E-state index contributed by atoms with van der Waals surface area (Å²) in [6.07, 6.45) is 0. The number of halogens is 2. The summed E-state index contributed by atoms with van der Waals surface area (Å²) in [5.41, 5.74) is 1.73. The second-order valence-electron chi connectivity index (χ2n) is 3.69. The average Bonchev–Trinajstić information content (AvgIpc) is 2.38. The molecule has 0 N–H and O–H groups in total. The van der Waals surface area contributed by atoms with E-state index in [-0.39, 0.29) is 0 Å². The van der Waals surface area contributed by atoms with Gasteiger partial charge >= 0.3 is 0 Å². The predicted molar refractivity (Wildman–Crippen MR) is 75.0 cm³/mol. The van der Waals surface area contributed by atoms with E-state index in [4.69, 9.17) is 32.7 Å². The van der Waals surface area contributed by atoms with Crippen LogP contribution in [0.5, 0.6) is 11.5 Å². The molecular formula is C14H12Cl2O2. The summed E-state index contributed by atoms with van der Waals surface area (Å²) >= 11 is 12.1. The quantitative estimate of drug-likeness (QED) is 0.814. The lowest BCUT2D eigenvalue weighted by Crippen LogP contribution is -1.90. The Morgan fingerprint density at radius 1 is 0.833 bits per heavy atom. The molecule has 94 valence electrons. The summed E-state index contributed by atoms with van der Waals surface area (Å²) in [5.74, 6) is 1.48. The Morgan fingerprint density at radius 3 is 2.22 bits per heavy atom. The molecule has 0 aliphatic rings. The summed E-state index contributed by atoms with van der Waals surface area (Å²) < 4.78 is 10.6. The molecule has 0 radical (unpaired) electrons. The third kappa shape index (κ3) is 2.55. The monoisotopic (exact) mass is 282 g/mol. The van der Waals surface area contributed by atoms with Crippen LogP contribution in [0.3, 0.4) is 0 Å². The second kappa shape index (κ2) is 5.51. The SMILES string of the molecule is COc1ccc(OC)c(-c2ccc(Cl)cc2Cl)c1. The number of hydrogen-bond donors (Lipinski definition) is 0. The van der Waals surface area contributed by atoms with Gasteiger partial charge in [0.1, 0.15) is 11.5 Å². The first-order chi connectivity index (χ1) is 8.65. The number of methoxy groups -OCH3 is 2. The number of hydrogen-bond acceptors (Lipinski definition) is 2. The zero-order chi connectivity index (χ0) is 13.1. The topological polar surface area (TPSA) is 18.5 Å². The van der Waals surface area contributed by atoms with E-state index in [1.54, 1.807) is 26.4 Å². The molecule has 0 aliphatic carbocycles. The summed E-state index contributed by atoms with van der Waals surface area (Å²) in [6.45, 7) is 0. The third-order valence-electron chi connectivity index (χ3n) is 2.63. The first-order valence-corrected chi connectivity index (χ1v) is 6.08. The maximum Gasteiger partial charge on any atom is 0.127 e. The van der Waals surface area contributed by atoms with Gasteiger partial charge in [0.25, 0.3) is 0 Å². The highest BCUT2D eigenvalue weighted by Crippen LogP contribution is 2.38. The molecule has 0 amide bonds. The molecule has 4 heteroatoms.